The molecule has 3 rings (SSSR count). The Balaban J connectivity index is 2.18. The molecule has 0 saturated carbocycles. The highest BCUT2D eigenvalue weighted by Gasteiger charge is 2.41. The van der Waals surface area contributed by atoms with E-state index in [-0.39, 0.29) is 17.4 Å². The van der Waals surface area contributed by atoms with Gasteiger partial charge in [0.05, 0.1) is 7.11 Å². The average Bonchev–Trinajstić information content (AvgIpc) is 2.40. The van der Waals surface area contributed by atoms with Gasteiger partial charge in [0.15, 0.2) is 0 Å². The van der Waals surface area contributed by atoms with E-state index in [4.69, 9.17) is 4.74 Å². The maximum atomic E-state index is 12.1. The Hall–Kier alpha value is -1.62. The molecule has 96 valence electrons. The number of piperidine rings is 1. The number of carbonyl (C=O) groups is 1. The summed E-state index contributed by atoms with van der Waals surface area (Å²) in [5.41, 5.74) is 0.834. The number of ether oxygens (including phenoxy) is 1. The first-order valence-electron chi connectivity index (χ1n) is 6.22. The molecule has 0 aliphatic carbocycles. The maximum Gasteiger partial charge on any atom is 0.329 e. The minimum Gasteiger partial charge on any atom is -0.467 e. The van der Waals surface area contributed by atoms with Gasteiger partial charge in [0.1, 0.15) is 6.04 Å². The number of hydrogen-bond acceptors (Lipinski definition) is 4. The van der Waals surface area contributed by atoms with E-state index in [0.29, 0.717) is 5.92 Å². The molecule has 3 heterocycles. The lowest BCUT2D eigenvalue weighted by molar-refractivity contribution is -0.147. The fraction of sp³-hybridized carbons (Fsp3) is 0.538. The highest BCUT2D eigenvalue weighted by atomic mass is 16.5. The number of methoxy groups -OCH3 is 1. The van der Waals surface area contributed by atoms with E-state index in [1.807, 2.05) is 6.07 Å². The third-order valence-electron chi connectivity index (χ3n) is 3.99. The van der Waals surface area contributed by atoms with Crippen LogP contribution in [-0.4, -0.2) is 30.7 Å². The number of fused-ring (bicyclic) bond motifs is 4. The van der Waals surface area contributed by atoms with Gasteiger partial charge in [0, 0.05) is 36.7 Å². The number of aromatic nitrogens is 1. The van der Waals surface area contributed by atoms with Crippen LogP contribution >= 0.6 is 0 Å². The zero-order valence-corrected chi connectivity index (χ0v) is 10.3. The molecule has 1 aromatic heterocycles. The fourth-order valence-corrected chi connectivity index (χ4v) is 3.22. The van der Waals surface area contributed by atoms with Gasteiger partial charge >= 0.3 is 5.97 Å². The average molecular weight is 248 g/mol. The Labute approximate surface area is 105 Å². The van der Waals surface area contributed by atoms with Crippen LogP contribution < -0.4 is 10.9 Å². The zero-order valence-electron chi connectivity index (χ0n) is 10.3. The van der Waals surface area contributed by atoms with Gasteiger partial charge in [-0.3, -0.25) is 9.36 Å². The van der Waals surface area contributed by atoms with Crippen LogP contribution in [0, 0.1) is 5.92 Å². The highest BCUT2D eigenvalue weighted by molar-refractivity contribution is 5.75. The predicted molar refractivity (Wildman–Crippen MR) is 65.5 cm³/mol. The minimum absolute atomic E-state index is 0.112. The Kier molecular flexibility index (Phi) is 2.70. The molecule has 18 heavy (non-hydrogen) atoms. The summed E-state index contributed by atoms with van der Waals surface area (Å²) in [4.78, 5) is 24.0. The third kappa shape index (κ3) is 1.58. The van der Waals surface area contributed by atoms with Gasteiger partial charge < -0.3 is 10.1 Å². The third-order valence-corrected chi connectivity index (χ3v) is 3.99. The van der Waals surface area contributed by atoms with Gasteiger partial charge in [-0.25, -0.2) is 4.79 Å². The molecule has 5 heteroatoms. The number of esters is 1. The van der Waals surface area contributed by atoms with Gasteiger partial charge in [-0.15, -0.1) is 0 Å². The van der Waals surface area contributed by atoms with E-state index in [0.717, 1.165) is 25.2 Å². The summed E-state index contributed by atoms with van der Waals surface area (Å²) in [6.45, 7) is 1.63. The van der Waals surface area contributed by atoms with Crippen molar-refractivity contribution in [1.29, 1.82) is 0 Å². The van der Waals surface area contributed by atoms with E-state index in [1.54, 1.807) is 10.6 Å². The van der Waals surface area contributed by atoms with Gasteiger partial charge in [0.2, 0.25) is 0 Å². The molecule has 0 spiro atoms. The van der Waals surface area contributed by atoms with E-state index in [9.17, 15) is 9.59 Å². The molecule has 1 N–H and O–H groups in total. The van der Waals surface area contributed by atoms with Crippen molar-refractivity contribution in [2.45, 2.75) is 18.4 Å². The number of carbonyl (C=O) groups excluding carboxylic acids is 1. The largest absolute Gasteiger partial charge is 0.467 e. The summed E-state index contributed by atoms with van der Waals surface area (Å²) in [6.07, 6.45) is 0.941. The molecule has 5 nitrogen and oxygen atoms in total. The van der Waals surface area contributed by atoms with Crippen molar-refractivity contribution in [1.82, 2.24) is 9.88 Å². The molecule has 2 aliphatic rings. The van der Waals surface area contributed by atoms with Crippen LogP contribution in [0.1, 0.15) is 24.1 Å². The lowest BCUT2D eigenvalue weighted by Crippen LogP contribution is -2.50. The first kappa shape index (κ1) is 11.5. The van der Waals surface area contributed by atoms with Crippen molar-refractivity contribution in [3.05, 3.63) is 34.2 Å². The second-order valence-electron chi connectivity index (χ2n) is 4.98. The SMILES string of the molecule is COC(=O)C1C2CNCC(C2)c2cccc(=O)n21. The molecule has 0 aromatic carbocycles. The van der Waals surface area contributed by atoms with Crippen molar-refractivity contribution in [3.63, 3.8) is 0 Å². The first-order valence-corrected chi connectivity index (χ1v) is 6.22. The van der Waals surface area contributed by atoms with Crippen LogP contribution in [0.3, 0.4) is 0 Å². The van der Waals surface area contributed by atoms with Crippen LogP contribution in [0.5, 0.6) is 0 Å². The van der Waals surface area contributed by atoms with Gasteiger partial charge in [-0.05, 0) is 12.5 Å². The van der Waals surface area contributed by atoms with Crippen molar-refractivity contribution in [2.75, 3.05) is 20.2 Å². The molecule has 1 fully saturated rings. The molecule has 3 unspecified atom stereocenters. The summed E-state index contributed by atoms with van der Waals surface area (Å²) >= 11 is 0. The zero-order chi connectivity index (χ0) is 12.7. The summed E-state index contributed by atoms with van der Waals surface area (Å²) < 4.78 is 6.50. The van der Waals surface area contributed by atoms with Crippen molar-refractivity contribution in [3.8, 4) is 0 Å². The molecular weight excluding hydrogens is 232 g/mol. The first-order chi connectivity index (χ1) is 8.72. The van der Waals surface area contributed by atoms with Gasteiger partial charge in [-0.1, -0.05) is 6.07 Å². The Morgan fingerprint density at radius 3 is 3.06 bits per heavy atom. The molecular formula is C13H16N2O3. The molecule has 1 saturated heterocycles. The quantitative estimate of drug-likeness (QED) is 0.725. The molecule has 3 atom stereocenters. The number of nitrogens with one attached hydrogen (secondary N) is 1. The van der Waals surface area contributed by atoms with Crippen LogP contribution in [-0.2, 0) is 9.53 Å². The van der Waals surface area contributed by atoms with Crippen LogP contribution in [0.15, 0.2) is 23.0 Å². The Bertz CT molecular complexity index is 537. The second kappa shape index (κ2) is 4.24. The molecule has 2 aliphatic heterocycles. The summed E-state index contributed by atoms with van der Waals surface area (Å²) in [5.74, 6) is 0.138. The normalized spacial score (nSPS) is 29.5. The van der Waals surface area contributed by atoms with Crippen LogP contribution in [0.2, 0.25) is 0 Å². The van der Waals surface area contributed by atoms with Crippen molar-refractivity contribution < 1.29 is 9.53 Å². The van der Waals surface area contributed by atoms with E-state index >= 15 is 0 Å². The minimum atomic E-state index is -0.484. The van der Waals surface area contributed by atoms with Gasteiger partial charge in [-0.2, -0.15) is 0 Å². The summed E-state index contributed by atoms with van der Waals surface area (Å²) in [5, 5.41) is 3.33. The summed E-state index contributed by atoms with van der Waals surface area (Å²) in [6, 6.07) is 4.72. The smallest absolute Gasteiger partial charge is 0.329 e. The van der Waals surface area contributed by atoms with Crippen LogP contribution in [0.4, 0.5) is 0 Å². The Morgan fingerprint density at radius 2 is 2.28 bits per heavy atom. The van der Waals surface area contributed by atoms with Gasteiger partial charge in [0.25, 0.3) is 5.56 Å². The lowest BCUT2D eigenvalue weighted by Gasteiger charge is -2.41. The molecule has 0 radical (unpaired) electrons. The monoisotopic (exact) mass is 248 g/mol. The number of rotatable bonds is 1. The predicted octanol–water partition coefficient (Wildman–Crippen LogP) is 0.269. The van der Waals surface area contributed by atoms with E-state index in [1.165, 1.54) is 13.2 Å². The standard InChI is InChI=1S/C13H16N2O3/c1-18-13(17)12-9-5-8(6-14-7-9)10-3-2-4-11(16)15(10)12/h2-4,8-9,12,14H,5-7H2,1H3. The van der Waals surface area contributed by atoms with Crippen LogP contribution in [0.25, 0.3) is 0 Å². The fourth-order valence-electron chi connectivity index (χ4n) is 3.22. The number of nitrogens with zero attached hydrogens (tertiary/aromatic N) is 1. The van der Waals surface area contributed by atoms with E-state index < -0.39 is 6.04 Å². The van der Waals surface area contributed by atoms with E-state index in [2.05, 4.69) is 5.32 Å². The molecule has 2 bridgehead atoms. The maximum absolute atomic E-state index is 12.1. The topological polar surface area (TPSA) is 60.3 Å². The second-order valence-corrected chi connectivity index (χ2v) is 4.98. The molecule has 1 aromatic rings. The van der Waals surface area contributed by atoms with Crippen molar-refractivity contribution in [2.24, 2.45) is 5.92 Å². The number of hydrogen-bond donors (Lipinski definition) is 1. The Morgan fingerprint density at radius 1 is 1.44 bits per heavy atom. The molecule has 0 amide bonds. The highest BCUT2D eigenvalue weighted by Crippen LogP contribution is 2.38. The van der Waals surface area contributed by atoms with Crippen molar-refractivity contribution >= 4 is 5.97 Å². The number of pyridine rings is 1. The lowest BCUT2D eigenvalue weighted by atomic mass is 9.79. The summed E-state index contributed by atoms with van der Waals surface area (Å²) in [7, 11) is 1.37.